The number of likely N-dealkylation sites (tertiary alicyclic amines) is 1. The van der Waals surface area contributed by atoms with Gasteiger partial charge in [-0.15, -0.1) is 0 Å². The lowest BCUT2D eigenvalue weighted by atomic mass is 9.75. The van der Waals surface area contributed by atoms with Gasteiger partial charge in [0.1, 0.15) is 5.82 Å². The largest absolute Gasteiger partial charge is 0.340 e. The van der Waals surface area contributed by atoms with E-state index in [-0.39, 0.29) is 17.4 Å². The Morgan fingerprint density at radius 2 is 1.77 bits per heavy atom. The smallest absolute Gasteiger partial charge is 0.332 e. The summed E-state index contributed by atoms with van der Waals surface area (Å²) in [6.45, 7) is 5.12. The zero-order valence-corrected chi connectivity index (χ0v) is 15.3. The molecule has 1 saturated heterocycles. The summed E-state index contributed by atoms with van der Waals surface area (Å²) in [5.74, 6) is 0.271. The maximum atomic E-state index is 14.4. The number of halogens is 1. The summed E-state index contributed by atoms with van der Waals surface area (Å²) < 4.78 is 17.2. The molecule has 0 unspecified atom stereocenters. The fraction of sp³-hybridized carbons (Fsp3) is 0.778. The van der Waals surface area contributed by atoms with Crippen molar-refractivity contribution in [1.29, 1.82) is 0 Å². The number of carbonyl (C=O) groups is 1. The zero-order chi connectivity index (χ0) is 18.7. The van der Waals surface area contributed by atoms with Crippen LogP contribution in [0.2, 0.25) is 0 Å². The fourth-order valence-electron chi connectivity index (χ4n) is 4.43. The van der Waals surface area contributed by atoms with Crippen LogP contribution in [0.4, 0.5) is 4.39 Å². The first kappa shape index (κ1) is 17.4. The molecule has 0 atom stereocenters. The van der Waals surface area contributed by atoms with Gasteiger partial charge in [0, 0.05) is 26.1 Å². The number of alkyl halides is 1. The van der Waals surface area contributed by atoms with Crippen molar-refractivity contribution in [3.05, 3.63) is 26.5 Å². The van der Waals surface area contributed by atoms with E-state index < -0.39 is 16.8 Å². The third kappa shape index (κ3) is 2.53. The van der Waals surface area contributed by atoms with Gasteiger partial charge in [-0.2, -0.15) is 5.10 Å². The van der Waals surface area contributed by atoms with Crippen LogP contribution in [-0.2, 0) is 17.8 Å². The van der Waals surface area contributed by atoms with Crippen LogP contribution >= 0.6 is 0 Å². The summed E-state index contributed by atoms with van der Waals surface area (Å²) in [6.07, 6.45) is 3.47. The summed E-state index contributed by atoms with van der Waals surface area (Å²) in [5, 5.41) is 4.41. The Morgan fingerprint density at radius 3 is 2.31 bits per heavy atom. The number of fused-ring (bicyclic) bond motifs is 1. The molecule has 26 heavy (non-hydrogen) atoms. The number of piperidine rings is 1. The molecule has 3 heterocycles. The molecule has 7 nitrogen and oxygen atoms in total. The lowest BCUT2D eigenvalue weighted by Crippen LogP contribution is -2.54. The van der Waals surface area contributed by atoms with Crippen LogP contribution in [0.3, 0.4) is 0 Å². The molecular formula is C18H25FN4O3. The molecule has 1 saturated carbocycles. The van der Waals surface area contributed by atoms with Crippen molar-refractivity contribution in [2.75, 3.05) is 13.1 Å². The van der Waals surface area contributed by atoms with E-state index in [1.165, 1.54) is 9.25 Å². The van der Waals surface area contributed by atoms with Crippen molar-refractivity contribution >= 4 is 5.91 Å². The summed E-state index contributed by atoms with van der Waals surface area (Å²) >= 11 is 0. The first-order valence-corrected chi connectivity index (χ1v) is 9.46. The van der Waals surface area contributed by atoms with Gasteiger partial charge in [0.05, 0.1) is 6.04 Å². The number of rotatable bonds is 2. The molecule has 2 aliphatic heterocycles. The molecule has 0 N–H and O–H groups in total. The first-order valence-electron chi connectivity index (χ1n) is 9.46. The highest BCUT2D eigenvalue weighted by Crippen LogP contribution is 2.42. The number of aromatic nitrogens is 3. The van der Waals surface area contributed by atoms with E-state index in [4.69, 9.17) is 0 Å². The molecule has 4 rings (SSSR count). The molecule has 0 aromatic carbocycles. The maximum Gasteiger partial charge on any atom is 0.332 e. The quantitative estimate of drug-likeness (QED) is 0.735. The molecule has 0 radical (unpaired) electrons. The highest BCUT2D eigenvalue weighted by molar-refractivity contribution is 5.86. The number of amides is 1. The Bertz CT molecular complexity index is 860. The number of carbonyl (C=O) groups excluding carboxylic acids is 1. The summed E-state index contributed by atoms with van der Waals surface area (Å²) in [7, 11) is 0. The predicted octanol–water partition coefficient (Wildman–Crippen LogP) is 1.04. The Kier molecular flexibility index (Phi) is 3.86. The average molecular weight is 364 g/mol. The summed E-state index contributed by atoms with van der Waals surface area (Å²) in [6, 6.07) is -0.166. The van der Waals surface area contributed by atoms with E-state index in [0.717, 1.165) is 6.42 Å². The molecule has 1 aromatic rings. The molecule has 1 aliphatic carbocycles. The van der Waals surface area contributed by atoms with Crippen molar-refractivity contribution < 1.29 is 9.18 Å². The predicted molar refractivity (Wildman–Crippen MR) is 92.8 cm³/mol. The second-order valence-corrected chi connectivity index (χ2v) is 8.44. The average Bonchev–Trinajstić information content (AvgIpc) is 2.94. The van der Waals surface area contributed by atoms with Crippen LogP contribution in [0.15, 0.2) is 9.59 Å². The van der Waals surface area contributed by atoms with Crippen LogP contribution in [0.25, 0.3) is 0 Å². The SMILES string of the molecule is CC(C)n1nc2n(c(=O)c1=O)CC1(CCN(C(=O)C3(F)CCC3)CC1)C2. The van der Waals surface area contributed by atoms with Crippen molar-refractivity contribution in [3.63, 3.8) is 0 Å². The highest BCUT2D eigenvalue weighted by Gasteiger charge is 2.49. The highest BCUT2D eigenvalue weighted by atomic mass is 19.1. The van der Waals surface area contributed by atoms with Gasteiger partial charge in [0.2, 0.25) is 0 Å². The van der Waals surface area contributed by atoms with Crippen molar-refractivity contribution in [3.8, 4) is 0 Å². The monoisotopic (exact) mass is 364 g/mol. The minimum absolute atomic E-state index is 0.165. The standard InChI is InChI=1S/C18H25FN4O3/c1-12(2)23-15(25)14(24)22-11-17(10-13(22)20-23)6-8-21(9-7-17)16(26)18(19)4-3-5-18/h12H,3-11H2,1-2H3. The lowest BCUT2D eigenvalue weighted by Gasteiger charge is -2.43. The molecule has 1 spiro atoms. The molecule has 0 bridgehead atoms. The molecular weight excluding hydrogens is 339 g/mol. The van der Waals surface area contributed by atoms with Gasteiger partial charge in [-0.3, -0.25) is 19.0 Å². The van der Waals surface area contributed by atoms with E-state index in [1.54, 1.807) is 4.90 Å². The van der Waals surface area contributed by atoms with Crippen LogP contribution in [0.5, 0.6) is 0 Å². The van der Waals surface area contributed by atoms with Gasteiger partial charge in [0.15, 0.2) is 5.67 Å². The van der Waals surface area contributed by atoms with Gasteiger partial charge in [-0.25, -0.2) is 9.07 Å². The molecule has 1 aromatic heterocycles. The van der Waals surface area contributed by atoms with Crippen LogP contribution in [0.1, 0.15) is 57.8 Å². The van der Waals surface area contributed by atoms with Gasteiger partial charge in [0.25, 0.3) is 5.91 Å². The second-order valence-electron chi connectivity index (χ2n) is 8.44. The third-order valence-electron chi connectivity index (χ3n) is 6.33. The maximum absolute atomic E-state index is 14.4. The van der Waals surface area contributed by atoms with E-state index in [1.807, 2.05) is 13.8 Å². The van der Waals surface area contributed by atoms with E-state index in [0.29, 0.717) is 57.6 Å². The van der Waals surface area contributed by atoms with E-state index in [9.17, 15) is 18.8 Å². The second kappa shape index (κ2) is 5.76. The van der Waals surface area contributed by atoms with Crippen molar-refractivity contribution in [2.45, 2.75) is 70.6 Å². The van der Waals surface area contributed by atoms with Gasteiger partial charge in [-0.05, 0) is 51.4 Å². The van der Waals surface area contributed by atoms with Crippen LogP contribution < -0.4 is 11.1 Å². The summed E-state index contributed by atoms with van der Waals surface area (Å²) in [5.41, 5.74) is -2.92. The van der Waals surface area contributed by atoms with Crippen molar-refractivity contribution in [2.24, 2.45) is 5.41 Å². The Labute approximate surface area is 150 Å². The third-order valence-corrected chi connectivity index (χ3v) is 6.33. The first-order chi connectivity index (χ1) is 12.2. The van der Waals surface area contributed by atoms with E-state index >= 15 is 0 Å². The number of nitrogens with zero attached hydrogens (tertiary/aromatic N) is 4. The molecule has 142 valence electrons. The fourth-order valence-corrected chi connectivity index (χ4v) is 4.43. The van der Waals surface area contributed by atoms with Crippen LogP contribution in [-0.4, -0.2) is 43.9 Å². The Balaban J connectivity index is 1.52. The van der Waals surface area contributed by atoms with Gasteiger partial charge in [-0.1, -0.05) is 0 Å². The minimum Gasteiger partial charge on any atom is -0.340 e. The van der Waals surface area contributed by atoms with Crippen molar-refractivity contribution in [1.82, 2.24) is 19.2 Å². The normalized spacial score (nSPS) is 23.2. The van der Waals surface area contributed by atoms with Crippen LogP contribution in [0, 0.1) is 5.41 Å². The molecule has 8 heteroatoms. The lowest BCUT2D eigenvalue weighted by molar-refractivity contribution is -0.152. The zero-order valence-electron chi connectivity index (χ0n) is 15.3. The molecule has 1 amide bonds. The minimum atomic E-state index is -1.65. The molecule has 3 aliphatic rings. The van der Waals surface area contributed by atoms with Gasteiger partial charge < -0.3 is 4.90 Å². The Morgan fingerprint density at radius 1 is 1.12 bits per heavy atom. The van der Waals surface area contributed by atoms with Gasteiger partial charge >= 0.3 is 11.1 Å². The Hall–Kier alpha value is -1.99. The summed E-state index contributed by atoms with van der Waals surface area (Å²) in [4.78, 5) is 38.7. The van der Waals surface area contributed by atoms with E-state index in [2.05, 4.69) is 5.10 Å². The number of hydrogen-bond acceptors (Lipinski definition) is 4. The number of hydrogen-bond donors (Lipinski definition) is 0. The molecule has 2 fully saturated rings. The topological polar surface area (TPSA) is 77.2 Å².